The number of nitro groups is 1. The van der Waals surface area contributed by atoms with Crippen molar-refractivity contribution in [1.29, 1.82) is 0 Å². The first-order valence-electron chi connectivity index (χ1n) is 6.34. The lowest BCUT2D eigenvalue weighted by molar-refractivity contribution is -0.385. The third-order valence-electron chi connectivity index (χ3n) is 3.29. The Hall–Kier alpha value is -2.16. The number of nitro benzene ring substituents is 1. The summed E-state index contributed by atoms with van der Waals surface area (Å²) in [5.74, 6) is -0.670. The van der Waals surface area contributed by atoms with E-state index in [0.717, 1.165) is 0 Å². The Labute approximate surface area is 121 Å². The van der Waals surface area contributed by atoms with E-state index >= 15 is 0 Å². The molecule has 8 nitrogen and oxygen atoms in total. The summed E-state index contributed by atoms with van der Waals surface area (Å²) in [6.07, 6.45) is 0.324. The summed E-state index contributed by atoms with van der Waals surface area (Å²) in [6, 6.07) is 3.78. The Balaban J connectivity index is 2.32. The number of nitrogens with zero attached hydrogens (tertiary/aromatic N) is 2. The molecule has 2 rings (SSSR count). The summed E-state index contributed by atoms with van der Waals surface area (Å²) in [7, 11) is -3.15. The molecule has 21 heavy (non-hydrogen) atoms. The first kappa shape index (κ1) is 15.2. The number of amides is 1. The molecule has 1 saturated heterocycles. The zero-order valence-electron chi connectivity index (χ0n) is 11.2. The van der Waals surface area contributed by atoms with Crippen LogP contribution in [0, 0.1) is 10.1 Å². The van der Waals surface area contributed by atoms with Gasteiger partial charge in [0.1, 0.15) is 5.56 Å². The van der Waals surface area contributed by atoms with Crippen molar-refractivity contribution in [1.82, 2.24) is 4.90 Å². The van der Waals surface area contributed by atoms with Gasteiger partial charge in [-0.1, -0.05) is 0 Å². The van der Waals surface area contributed by atoms with Crippen molar-refractivity contribution in [3.8, 4) is 0 Å². The number of hydrogen-bond acceptors (Lipinski definition) is 6. The Morgan fingerprint density at radius 1 is 1.29 bits per heavy atom. The Morgan fingerprint density at radius 2 is 2.00 bits per heavy atom. The maximum absolute atomic E-state index is 12.4. The first-order valence-corrected chi connectivity index (χ1v) is 8.16. The molecule has 1 aromatic rings. The van der Waals surface area contributed by atoms with Crippen LogP contribution in [0.3, 0.4) is 0 Å². The molecule has 1 aliphatic heterocycles. The van der Waals surface area contributed by atoms with Crippen LogP contribution in [0.5, 0.6) is 0 Å². The van der Waals surface area contributed by atoms with Gasteiger partial charge in [-0.15, -0.1) is 0 Å². The lowest BCUT2D eigenvalue weighted by atomic mass is 10.1. The standard InChI is InChI=1S/C12H15N3O5S/c13-9-2-3-11(15(17)18)10(8-9)12(16)14-4-1-6-21(19,20)7-5-14/h2-3,8H,1,4-7,13H2. The fourth-order valence-corrected chi connectivity index (χ4v) is 3.47. The van der Waals surface area contributed by atoms with Gasteiger partial charge in [0.05, 0.1) is 16.4 Å². The molecule has 2 N–H and O–H groups in total. The van der Waals surface area contributed by atoms with Gasteiger partial charge in [0.15, 0.2) is 9.84 Å². The Morgan fingerprint density at radius 3 is 2.67 bits per heavy atom. The molecule has 0 atom stereocenters. The van der Waals surface area contributed by atoms with E-state index in [1.54, 1.807) is 0 Å². The number of rotatable bonds is 2. The van der Waals surface area contributed by atoms with E-state index in [4.69, 9.17) is 5.73 Å². The maximum Gasteiger partial charge on any atom is 0.282 e. The molecule has 0 radical (unpaired) electrons. The largest absolute Gasteiger partial charge is 0.399 e. The monoisotopic (exact) mass is 313 g/mol. The second-order valence-electron chi connectivity index (χ2n) is 4.83. The summed E-state index contributed by atoms with van der Waals surface area (Å²) in [5, 5.41) is 11.0. The highest BCUT2D eigenvalue weighted by Gasteiger charge is 2.28. The molecule has 1 heterocycles. The van der Waals surface area contributed by atoms with Gasteiger partial charge in [-0.05, 0) is 18.6 Å². The smallest absolute Gasteiger partial charge is 0.282 e. The van der Waals surface area contributed by atoms with E-state index in [1.165, 1.54) is 23.1 Å². The van der Waals surface area contributed by atoms with Gasteiger partial charge in [-0.25, -0.2) is 8.42 Å². The topological polar surface area (TPSA) is 124 Å². The molecule has 1 fully saturated rings. The molecule has 0 saturated carbocycles. The van der Waals surface area contributed by atoms with E-state index in [-0.39, 0.29) is 41.5 Å². The van der Waals surface area contributed by atoms with Gasteiger partial charge >= 0.3 is 0 Å². The molecule has 1 aromatic carbocycles. The summed E-state index contributed by atoms with van der Waals surface area (Å²) >= 11 is 0. The van der Waals surface area contributed by atoms with Crippen LogP contribution < -0.4 is 5.73 Å². The lowest BCUT2D eigenvalue weighted by Gasteiger charge is -2.19. The van der Waals surface area contributed by atoms with Crippen LogP contribution in [-0.2, 0) is 9.84 Å². The lowest BCUT2D eigenvalue weighted by Crippen LogP contribution is -2.34. The molecule has 0 aromatic heterocycles. The van der Waals surface area contributed by atoms with Gasteiger partial charge in [0.25, 0.3) is 11.6 Å². The SMILES string of the molecule is Nc1ccc([N+](=O)[O-])c(C(=O)N2CCCS(=O)(=O)CC2)c1. The van der Waals surface area contributed by atoms with E-state index in [1.807, 2.05) is 0 Å². The highest BCUT2D eigenvalue weighted by Crippen LogP contribution is 2.23. The average molecular weight is 313 g/mol. The van der Waals surface area contributed by atoms with Crippen molar-refractivity contribution in [2.45, 2.75) is 6.42 Å². The number of nitrogen functional groups attached to an aromatic ring is 1. The van der Waals surface area contributed by atoms with Crippen molar-refractivity contribution < 1.29 is 18.1 Å². The van der Waals surface area contributed by atoms with Crippen LogP contribution in [0.2, 0.25) is 0 Å². The molecule has 1 aliphatic rings. The van der Waals surface area contributed by atoms with Crippen molar-refractivity contribution in [3.05, 3.63) is 33.9 Å². The number of hydrogen-bond donors (Lipinski definition) is 1. The van der Waals surface area contributed by atoms with Crippen molar-refractivity contribution >= 4 is 27.1 Å². The average Bonchev–Trinajstić information content (AvgIpc) is 2.58. The zero-order chi connectivity index (χ0) is 15.6. The van der Waals surface area contributed by atoms with Crippen LogP contribution in [0.1, 0.15) is 16.8 Å². The summed E-state index contributed by atoms with van der Waals surface area (Å²) < 4.78 is 23.1. The van der Waals surface area contributed by atoms with Crippen molar-refractivity contribution in [3.63, 3.8) is 0 Å². The first-order chi connectivity index (χ1) is 9.80. The fourth-order valence-electron chi connectivity index (χ4n) is 2.20. The minimum absolute atomic E-state index is 0.0236. The maximum atomic E-state index is 12.4. The van der Waals surface area contributed by atoms with Gasteiger partial charge in [-0.2, -0.15) is 0 Å². The molecule has 9 heteroatoms. The molecule has 0 spiro atoms. The number of carbonyl (C=O) groups excluding carboxylic acids is 1. The second kappa shape index (κ2) is 5.68. The van der Waals surface area contributed by atoms with Gasteiger partial charge in [-0.3, -0.25) is 14.9 Å². The molecule has 0 unspecified atom stereocenters. The highest BCUT2D eigenvalue weighted by molar-refractivity contribution is 7.91. The minimum atomic E-state index is -3.15. The number of anilines is 1. The van der Waals surface area contributed by atoms with E-state index in [9.17, 15) is 23.3 Å². The molecular weight excluding hydrogens is 298 g/mol. The van der Waals surface area contributed by atoms with Crippen LogP contribution in [-0.4, -0.2) is 48.7 Å². The van der Waals surface area contributed by atoms with Gasteiger partial charge < -0.3 is 10.6 Å². The predicted octanol–water partition coefficient (Wildman–Crippen LogP) is 0.438. The van der Waals surface area contributed by atoms with Crippen LogP contribution in [0.4, 0.5) is 11.4 Å². The van der Waals surface area contributed by atoms with E-state index in [2.05, 4.69) is 0 Å². The summed E-state index contributed by atoms with van der Waals surface area (Å²) in [4.78, 5) is 24.1. The zero-order valence-corrected chi connectivity index (χ0v) is 12.0. The Bertz CT molecular complexity index is 686. The number of carbonyl (C=O) groups is 1. The Kier molecular flexibility index (Phi) is 4.12. The molecule has 1 amide bonds. The number of nitrogens with two attached hydrogens (primary N) is 1. The number of benzene rings is 1. The third-order valence-corrected chi connectivity index (χ3v) is 5.01. The molecule has 0 bridgehead atoms. The normalized spacial score (nSPS) is 18.0. The molecule has 0 aliphatic carbocycles. The second-order valence-corrected chi connectivity index (χ2v) is 7.13. The quantitative estimate of drug-likeness (QED) is 0.480. The highest BCUT2D eigenvalue weighted by atomic mass is 32.2. The van der Waals surface area contributed by atoms with Crippen molar-refractivity contribution in [2.24, 2.45) is 0 Å². The van der Waals surface area contributed by atoms with Crippen LogP contribution in [0.15, 0.2) is 18.2 Å². The minimum Gasteiger partial charge on any atom is -0.399 e. The van der Waals surface area contributed by atoms with E-state index < -0.39 is 20.7 Å². The van der Waals surface area contributed by atoms with Crippen molar-refractivity contribution in [2.75, 3.05) is 30.3 Å². The van der Waals surface area contributed by atoms with Crippen LogP contribution in [0.25, 0.3) is 0 Å². The molecule has 114 valence electrons. The summed E-state index contributed by atoms with van der Waals surface area (Å²) in [5.41, 5.74) is 5.38. The fraction of sp³-hybridized carbons (Fsp3) is 0.417. The van der Waals surface area contributed by atoms with E-state index in [0.29, 0.717) is 6.42 Å². The van der Waals surface area contributed by atoms with Gasteiger partial charge in [0, 0.05) is 24.8 Å². The third kappa shape index (κ3) is 3.48. The number of sulfone groups is 1. The van der Waals surface area contributed by atoms with Gasteiger partial charge in [0.2, 0.25) is 0 Å². The van der Waals surface area contributed by atoms with Crippen LogP contribution >= 0.6 is 0 Å². The molecular formula is C12H15N3O5S. The predicted molar refractivity (Wildman–Crippen MR) is 76.7 cm³/mol. The summed E-state index contributed by atoms with van der Waals surface area (Å²) in [6.45, 7) is 0.289.